The van der Waals surface area contributed by atoms with Crippen LogP contribution in [0, 0.1) is 0 Å². The highest BCUT2D eigenvalue weighted by atomic mass is 16.3. The SMILES string of the molecule is NCc1ccc(CNc2ccc(-c3ccccc3)cc2)o1. The molecule has 0 bridgehead atoms. The average molecular weight is 278 g/mol. The lowest BCUT2D eigenvalue weighted by Crippen LogP contribution is -1.98. The second-order valence-electron chi connectivity index (χ2n) is 4.87. The predicted octanol–water partition coefficient (Wildman–Crippen LogP) is 4.02. The maximum absolute atomic E-state index is 5.56. The summed E-state index contributed by atoms with van der Waals surface area (Å²) in [6.07, 6.45) is 0. The lowest BCUT2D eigenvalue weighted by Gasteiger charge is -2.06. The van der Waals surface area contributed by atoms with Crippen molar-refractivity contribution in [2.24, 2.45) is 5.73 Å². The van der Waals surface area contributed by atoms with Gasteiger partial charge in [0, 0.05) is 5.69 Å². The normalized spacial score (nSPS) is 10.5. The quantitative estimate of drug-likeness (QED) is 0.741. The Labute approximate surface area is 124 Å². The van der Waals surface area contributed by atoms with Gasteiger partial charge in [0.05, 0.1) is 13.1 Å². The minimum Gasteiger partial charge on any atom is -0.463 e. The second kappa shape index (κ2) is 6.29. The van der Waals surface area contributed by atoms with Crippen LogP contribution in [0.1, 0.15) is 11.5 Å². The van der Waals surface area contributed by atoms with E-state index in [-0.39, 0.29) is 0 Å². The van der Waals surface area contributed by atoms with Gasteiger partial charge in [-0.2, -0.15) is 0 Å². The molecule has 1 aromatic heterocycles. The highest BCUT2D eigenvalue weighted by Gasteiger charge is 2.01. The molecule has 2 aromatic carbocycles. The van der Waals surface area contributed by atoms with Crippen molar-refractivity contribution in [3.63, 3.8) is 0 Å². The van der Waals surface area contributed by atoms with Gasteiger partial charge in [0.1, 0.15) is 11.5 Å². The summed E-state index contributed by atoms with van der Waals surface area (Å²) in [6, 6.07) is 22.6. The van der Waals surface area contributed by atoms with Crippen molar-refractivity contribution in [2.75, 3.05) is 5.32 Å². The summed E-state index contributed by atoms with van der Waals surface area (Å²) in [5, 5.41) is 3.34. The van der Waals surface area contributed by atoms with Crippen molar-refractivity contribution in [1.82, 2.24) is 0 Å². The fourth-order valence-corrected chi connectivity index (χ4v) is 2.23. The molecular formula is C18H18N2O. The first-order valence-corrected chi connectivity index (χ1v) is 7.02. The Bertz CT molecular complexity index is 687. The maximum atomic E-state index is 5.56. The molecule has 0 saturated heterocycles. The number of nitrogens with two attached hydrogens (primary N) is 1. The standard InChI is InChI=1S/C18H18N2O/c19-12-17-10-11-18(21-17)13-20-16-8-6-15(7-9-16)14-4-2-1-3-5-14/h1-11,20H,12-13,19H2. The van der Waals surface area contributed by atoms with E-state index < -0.39 is 0 Å². The molecule has 0 spiro atoms. The number of anilines is 1. The number of furan rings is 1. The van der Waals surface area contributed by atoms with Gasteiger partial charge in [0.2, 0.25) is 0 Å². The van der Waals surface area contributed by atoms with Gasteiger partial charge in [-0.3, -0.25) is 0 Å². The molecule has 0 aliphatic carbocycles. The molecule has 0 saturated carbocycles. The van der Waals surface area contributed by atoms with Gasteiger partial charge < -0.3 is 15.5 Å². The Morgan fingerprint density at radius 3 is 2.10 bits per heavy atom. The Morgan fingerprint density at radius 2 is 1.43 bits per heavy atom. The summed E-state index contributed by atoms with van der Waals surface area (Å²) in [4.78, 5) is 0. The highest BCUT2D eigenvalue weighted by Crippen LogP contribution is 2.21. The topological polar surface area (TPSA) is 51.2 Å². The van der Waals surface area contributed by atoms with E-state index in [4.69, 9.17) is 10.2 Å². The number of hydrogen-bond acceptors (Lipinski definition) is 3. The molecule has 0 unspecified atom stereocenters. The van der Waals surface area contributed by atoms with E-state index in [1.807, 2.05) is 30.3 Å². The first-order valence-electron chi connectivity index (χ1n) is 7.02. The number of benzene rings is 2. The van der Waals surface area contributed by atoms with Crippen LogP contribution in [-0.2, 0) is 13.1 Å². The van der Waals surface area contributed by atoms with E-state index in [0.29, 0.717) is 13.1 Å². The van der Waals surface area contributed by atoms with Crippen LogP contribution < -0.4 is 11.1 Å². The molecule has 0 radical (unpaired) electrons. The lowest BCUT2D eigenvalue weighted by molar-refractivity contribution is 0.473. The van der Waals surface area contributed by atoms with Crippen molar-refractivity contribution in [1.29, 1.82) is 0 Å². The molecule has 3 heteroatoms. The first kappa shape index (κ1) is 13.5. The zero-order chi connectivity index (χ0) is 14.5. The molecule has 0 atom stereocenters. The fourth-order valence-electron chi connectivity index (χ4n) is 2.23. The third-order valence-corrected chi connectivity index (χ3v) is 3.38. The van der Waals surface area contributed by atoms with E-state index in [1.54, 1.807) is 0 Å². The number of rotatable bonds is 5. The largest absolute Gasteiger partial charge is 0.463 e. The summed E-state index contributed by atoms with van der Waals surface area (Å²) >= 11 is 0. The number of nitrogens with one attached hydrogen (secondary N) is 1. The van der Waals surface area contributed by atoms with Crippen molar-refractivity contribution in [2.45, 2.75) is 13.1 Å². The van der Waals surface area contributed by atoms with Crippen LogP contribution in [0.2, 0.25) is 0 Å². The van der Waals surface area contributed by atoms with E-state index in [1.165, 1.54) is 11.1 Å². The van der Waals surface area contributed by atoms with Crippen LogP contribution in [0.3, 0.4) is 0 Å². The third kappa shape index (κ3) is 3.33. The average Bonchev–Trinajstić information content (AvgIpc) is 3.02. The van der Waals surface area contributed by atoms with E-state index >= 15 is 0 Å². The highest BCUT2D eigenvalue weighted by molar-refractivity contribution is 5.65. The first-order chi connectivity index (χ1) is 10.3. The molecule has 0 aliphatic heterocycles. The minimum absolute atomic E-state index is 0.436. The Kier molecular flexibility index (Phi) is 4.03. The van der Waals surface area contributed by atoms with Gasteiger partial charge in [-0.1, -0.05) is 42.5 Å². The molecule has 0 aliphatic rings. The van der Waals surface area contributed by atoms with Crippen LogP contribution >= 0.6 is 0 Å². The monoisotopic (exact) mass is 278 g/mol. The zero-order valence-corrected chi connectivity index (χ0v) is 11.8. The summed E-state index contributed by atoms with van der Waals surface area (Å²) < 4.78 is 5.56. The predicted molar refractivity (Wildman–Crippen MR) is 85.8 cm³/mol. The molecule has 0 fully saturated rings. The molecule has 1 heterocycles. The van der Waals surface area contributed by atoms with Crippen LogP contribution in [0.4, 0.5) is 5.69 Å². The van der Waals surface area contributed by atoms with Gasteiger partial charge in [-0.05, 0) is 35.4 Å². The molecule has 3 N–H and O–H groups in total. The minimum atomic E-state index is 0.436. The summed E-state index contributed by atoms with van der Waals surface area (Å²) in [6.45, 7) is 1.09. The van der Waals surface area contributed by atoms with Gasteiger partial charge in [0.15, 0.2) is 0 Å². The molecular weight excluding hydrogens is 260 g/mol. The fraction of sp³-hybridized carbons (Fsp3) is 0.111. The number of hydrogen-bond donors (Lipinski definition) is 2. The lowest BCUT2D eigenvalue weighted by atomic mass is 10.1. The van der Waals surface area contributed by atoms with Crippen molar-refractivity contribution >= 4 is 5.69 Å². The Hall–Kier alpha value is -2.52. The maximum Gasteiger partial charge on any atom is 0.123 e. The Balaban J connectivity index is 1.64. The van der Waals surface area contributed by atoms with Gasteiger partial charge in [-0.25, -0.2) is 0 Å². The molecule has 3 rings (SSSR count). The molecule has 0 amide bonds. The van der Waals surface area contributed by atoms with Crippen LogP contribution in [0.15, 0.2) is 71.1 Å². The summed E-state index contributed by atoms with van der Waals surface area (Å²) in [7, 11) is 0. The van der Waals surface area contributed by atoms with E-state index in [9.17, 15) is 0 Å². The summed E-state index contributed by atoms with van der Waals surface area (Å²) in [5.74, 6) is 1.70. The summed E-state index contributed by atoms with van der Waals surface area (Å²) in [5.41, 5.74) is 9.04. The van der Waals surface area contributed by atoms with E-state index in [0.717, 1.165) is 17.2 Å². The molecule has 106 valence electrons. The van der Waals surface area contributed by atoms with Crippen LogP contribution in [0.5, 0.6) is 0 Å². The smallest absolute Gasteiger partial charge is 0.123 e. The van der Waals surface area contributed by atoms with Crippen LogP contribution in [-0.4, -0.2) is 0 Å². The molecule has 21 heavy (non-hydrogen) atoms. The van der Waals surface area contributed by atoms with Crippen molar-refractivity contribution in [3.8, 4) is 11.1 Å². The van der Waals surface area contributed by atoms with Crippen LogP contribution in [0.25, 0.3) is 11.1 Å². The third-order valence-electron chi connectivity index (χ3n) is 3.38. The van der Waals surface area contributed by atoms with Gasteiger partial charge in [0.25, 0.3) is 0 Å². The Morgan fingerprint density at radius 1 is 0.762 bits per heavy atom. The zero-order valence-electron chi connectivity index (χ0n) is 11.8. The second-order valence-corrected chi connectivity index (χ2v) is 4.87. The molecule has 3 nitrogen and oxygen atoms in total. The van der Waals surface area contributed by atoms with Gasteiger partial charge >= 0.3 is 0 Å². The van der Waals surface area contributed by atoms with Crippen molar-refractivity contribution in [3.05, 3.63) is 78.3 Å². The van der Waals surface area contributed by atoms with Crippen molar-refractivity contribution < 1.29 is 4.42 Å². The molecule has 3 aromatic rings. The van der Waals surface area contributed by atoms with E-state index in [2.05, 4.69) is 41.7 Å². The van der Waals surface area contributed by atoms with Gasteiger partial charge in [-0.15, -0.1) is 0 Å².